The highest BCUT2D eigenvalue weighted by Gasteiger charge is 2.35. The van der Waals surface area contributed by atoms with Gasteiger partial charge in [-0.15, -0.1) is 0 Å². The highest BCUT2D eigenvalue weighted by molar-refractivity contribution is 5.90. The summed E-state index contributed by atoms with van der Waals surface area (Å²) >= 11 is 0. The molecule has 1 fully saturated rings. The minimum atomic E-state index is -0.605. The van der Waals surface area contributed by atoms with Gasteiger partial charge in [-0.25, -0.2) is 4.79 Å². The molecule has 202 valence electrons. The summed E-state index contributed by atoms with van der Waals surface area (Å²) in [5, 5.41) is 3.14. The molecule has 0 bridgehead atoms. The van der Waals surface area contributed by atoms with Crippen molar-refractivity contribution in [1.82, 2.24) is 15.1 Å². The van der Waals surface area contributed by atoms with Gasteiger partial charge in [0.15, 0.2) is 0 Å². The Balaban J connectivity index is 3.15. The molecule has 1 heterocycles. The van der Waals surface area contributed by atoms with Crippen molar-refractivity contribution in [1.29, 1.82) is 0 Å². The van der Waals surface area contributed by atoms with Crippen LogP contribution in [0.15, 0.2) is 11.6 Å². The first-order chi connectivity index (χ1) is 16.4. The van der Waals surface area contributed by atoms with Crippen LogP contribution in [0.5, 0.6) is 0 Å². The number of rotatable bonds is 12. The van der Waals surface area contributed by atoms with E-state index in [4.69, 9.17) is 4.74 Å². The summed E-state index contributed by atoms with van der Waals surface area (Å²) in [4.78, 5) is 43.4. The van der Waals surface area contributed by atoms with Gasteiger partial charge in [-0.3, -0.25) is 14.5 Å². The fourth-order valence-corrected chi connectivity index (χ4v) is 4.85. The fraction of sp³-hybridized carbons (Fsp3) is 0.821. The van der Waals surface area contributed by atoms with Crippen LogP contribution in [0.4, 0.5) is 0 Å². The Labute approximate surface area is 214 Å². The first-order valence-corrected chi connectivity index (χ1v) is 13.6. The summed E-state index contributed by atoms with van der Waals surface area (Å²) in [5.74, 6) is -0.205. The van der Waals surface area contributed by atoms with E-state index >= 15 is 0 Å². The lowest BCUT2D eigenvalue weighted by Gasteiger charge is -2.36. The van der Waals surface area contributed by atoms with Crippen molar-refractivity contribution in [3.8, 4) is 0 Å². The molecule has 4 atom stereocenters. The first kappa shape index (κ1) is 31.1. The van der Waals surface area contributed by atoms with E-state index in [9.17, 15) is 14.4 Å². The molecular formula is C28H51N3O4. The van der Waals surface area contributed by atoms with Gasteiger partial charge in [0, 0.05) is 18.7 Å². The summed E-state index contributed by atoms with van der Waals surface area (Å²) in [6, 6.07) is -0.765. The fourth-order valence-electron chi connectivity index (χ4n) is 4.85. The molecule has 7 heteroatoms. The summed E-state index contributed by atoms with van der Waals surface area (Å²) in [6.45, 7) is 17.2. The van der Waals surface area contributed by atoms with E-state index < -0.39 is 6.04 Å². The van der Waals surface area contributed by atoms with Gasteiger partial charge < -0.3 is 15.0 Å². The molecule has 1 aliphatic rings. The van der Waals surface area contributed by atoms with Crippen LogP contribution in [0.3, 0.4) is 0 Å². The van der Waals surface area contributed by atoms with Gasteiger partial charge in [0.05, 0.1) is 18.7 Å². The number of ether oxygens (including phenoxy) is 1. The van der Waals surface area contributed by atoms with E-state index in [-0.39, 0.29) is 41.7 Å². The summed E-state index contributed by atoms with van der Waals surface area (Å²) in [5.41, 5.74) is 0.484. The molecule has 3 unspecified atom stereocenters. The standard InChI is InChI=1S/C28H51N3O4/c1-10-22(8)31-16-14-12-13-15-24(31)26(32)29-23(17-19(3)4)27(33)30(9)25(20(5)6)18-21(7)28(34)35-11-2/h18-20,22-25H,10-17H2,1-9H3,(H,29,32)/b21-18+/t22?,23?,24?,25-/m1/s1. The van der Waals surface area contributed by atoms with Crippen LogP contribution in [0.2, 0.25) is 0 Å². The third kappa shape index (κ3) is 9.59. The van der Waals surface area contributed by atoms with Gasteiger partial charge in [0.25, 0.3) is 0 Å². The van der Waals surface area contributed by atoms with Crippen LogP contribution in [-0.2, 0) is 19.1 Å². The SMILES string of the molecule is CCOC(=O)/C(C)=C/[C@H](C(C)C)N(C)C(=O)C(CC(C)C)NC(=O)C1CCCCCN1C(C)CC. The van der Waals surface area contributed by atoms with E-state index in [0.717, 1.165) is 38.6 Å². The molecule has 0 radical (unpaired) electrons. The topological polar surface area (TPSA) is 79.0 Å². The third-order valence-electron chi connectivity index (χ3n) is 7.07. The van der Waals surface area contributed by atoms with E-state index in [2.05, 4.69) is 37.9 Å². The van der Waals surface area contributed by atoms with Crippen molar-refractivity contribution in [3.63, 3.8) is 0 Å². The summed E-state index contributed by atoms with van der Waals surface area (Å²) in [6.07, 6.45) is 7.46. The predicted octanol–water partition coefficient (Wildman–Crippen LogP) is 4.55. The first-order valence-electron chi connectivity index (χ1n) is 13.6. The molecule has 0 aromatic heterocycles. The quantitative estimate of drug-likeness (QED) is 0.319. The maximum Gasteiger partial charge on any atom is 0.333 e. The molecule has 2 amide bonds. The normalized spacial score (nSPS) is 20.2. The molecule has 1 saturated heterocycles. The number of likely N-dealkylation sites (N-methyl/N-ethyl adjacent to an activating group) is 1. The highest BCUT2D eigenvalue weighted by Crippen LogP contribution is 2.22. The van der Waals surface area contributed by atoms with Crippen LogP contribution in [0.25, 0.3) is 0 Å². The minimum absolute atomic E-state index is 0.0426. The number of amides is 2. The molecule has 0 aromatic rings. The summed E-state index contributed by atoms with van der Waals surface area (Å²) in [7, 11) is 1.76. The molecular weight excluding hydrogens is 442 g/mol. The zero-order chi connectivity index (χ0) is 26.7. The van der Waals surface area contributed by atoms with Crippen LogP contribution in [0, 0.1) is 11.8 Å². The minimum Gasteiger partial charge on any atom is -0.463 e. The van der Waals surface area contributed by atoms with Gasteiger partial charge in [0.2, 0.25) is 11.8 Å². The van der Waals surface area contributed by atoms with Crippen molar-refractivity contribution in [2.24, 2.45) is 11.8 Å². The Kier molecular flexibility index (Phi) is 13.6. The number of carbonyl (C=O) groups excluding carboxylic acids is 3. The van der Waals surface area contributed by atoms with Crippen LogP contribution in [0.1, 0.15) is 93.9 Å². The average Bonchev–Trinajstić information content (AvgIpc) is 3.06. The number of likely N-dealkylation sites (tertiary alicyclic amines) is 1. The highest BCUT2D eigenvalue weighted by atomic mass is 16.5. The third-order valence-corrected chi connectivity index (χ3v) is 7.07. The van der Waals surface area contributed by atoms with Gasteiger partial charge in [-0.2, -0.15) is 0 Å². The van der Waals surface area contributed by atoms with Crippen molar-refractivity contribution in [2.45, 2.75) is 118 Å². The number of carbonyl (C=O) groups is 3. The maximum atomic E-state index is 13.7. The zero-order valence-corrected chi connectivity index (χ0v) is 23.7. The van der Waals surface area contributed by atoms with Gasteiger partial charge in [-0.05, 0) is 64.8 Å². The molecule has 7 nitrogen and oxygen atoms in total. The number of esters is 1. The zero-order valence-electron chi connectivity index (χ0n) is 23.7. The van der Waals surface area contributed by atoms with Crippen LogP contribution < -0.4 is 5.32 Å². The molecule has 1 rings (SSSR count). The molecule has 0 spiro atoms. The maximum absolute atomic E-state index is 13.7. The van der Waals surface area contributed by atoms with Gasteiger partial charge in [0.1, 0.15) is 6.04 Å². The summed E-state index contributed by atoms with van der Waals surface area (Å²) < 4.78 is 5.12. The van der Waals surface area contributed by atoms with Crippen LogP contribution in [-0.4, -0.2) is 72.0 Å². The van der Waals surface area contributed by atoms with E-state index in [1.807, 2.05) is 19.9 Å². The van der Waals surface area contributed by atoms with E-state index in [0.29, 0.717) is 24.6 Å². The monoisotopic (exact) mass is 493 g/mol. The number of hydrogen-bond donors (Lipinski definition) is 1. The lowest BCUT2D eigenvalue weighted by Crippen LogP contribution is -2.56. The lowest BCUT2D eigenvalue weighted by molar-refractivity contribution is -0.139. The van der Waals surface area contributed by atoms with Crippen molar-refractivity contribution < 1.29 is 19.1 Å². The Morgan fingerprint density at radius 3 is 2.29 bits per heavy atom. The van der Waals surface area contributed by atoms with Crippen molar-refractivity contribution in [3.05, 3.63) is 11.6 Å². The Morgan fingerprint density at radius 2 is 1.74 bits per heavy atom. The Hall–Kier alpha value is -1.89. The lowest BCUT2D eigenvalue weighted by atomic mass is 9.97. The Morgan fingerprint density at radius 1 is 1.09 bits per heavy atom. The number of hydrogen-bond acceptors (Lipinski definition) is 5. The molecule has 35 heavy (non-hydrogen) atoms. The van der Waals surface area contributed by atoms with Gasteiger partial charge >= 0.3 is 5.97 Å². The molecule has 0 aromatic carbocycles. The predicted molar refractivity (Wildman–Crippen MR) is 142 cm³/mol. The van der Waals surface area contributed by atoms with Crippen molar-refractivity contribution in [2.75, 3.05) is 20.2 Å². The largest absolute Gasteiger partial charge is 0.463 e. The second kappa shape index (κ2) is 15.3. The van der Waals surface area contributed by atoms with E-state index in [1.54, 1.807) is 25.8 Å². The molecule has 1 N–H and O–H groups in total. The molecule has 0 saturated carbocycles. The van der Waals surface area contributed by atoms with Crippen molar-refractivity contribution >= 4 is 17.8 Å². The average molecular weight is 494 g/mol. The second-order valence-electron chi connectivity index (χ2n) is 10.8. The number of nitrogens with zero attached hydrogens (tertiary/aromatic N) is 2. The van der Waals surface area contributed by atoms with E-state index in [1.165, 1.54) is 0 Å². The van der Waals surface area contributed by atoms with Crippen LogP contribution >= 0.6 is 0 Å². The second-order valence-corrected chi connectivity index (χ2v) is 10.8. The smallest absolute Gasteiger partial charge is 0.333 e. The van der Waals surface area contributed by atoms with Gasteiger partial charge in [-0.1, -0.05) is 53.5 Å². The molecule has 1 aliphatic heterocycles. The molecule has 0 aliphatic carbocycles. The number of nitrogens with one attached hydrogen (secondary N) is 1. The Bertz CT molecular complexity index is 719.